The second-order valence-corrected chi connectivity index (χ2v) is 7.85. The van der Waals surface area contributed by atoms with E-state index in [4.69, 9.17) is 5.73 Å². The van der Waals surface area contributed by atoms with Crippen molar-refractivity contribution >= 4 is 17.8 Å². The molecule has 7 heteroatoms. The van der Waals surface area contributed by atoms with Crippen LogP contribution in [0.4, 0.5) is 0 Å². The molecule has 172 valence electrons. The molecule has 0 radical (unpaired) electrons. The first-order valence-corrected chi connectivity index (χ1v) is 11.1. The maximum absolute atomic E-state index is 13.0. The van der Waals surface area contributed by atoms with Gasteiger partial charge in [-0.1, -0.05) is 73.5 Å². The zero-order valence-electron chi connectivity index (χ0n) is 18.3. The summed E-state index contributed by atoms with van der Waals surface area (Å²) in [6.07, 6.45) is 4.28. The van der Waals surface area contributed by atoms with Crippen LogP contribution in [-0.4, -0.2) is 41.5 Å². The van der Waals surface area contributed by atoms with Gasteiger partial charge in [-0.2, -0.15) is 0 Å². The molecule has 0 bridgehead atoms. The Balaban J connectivity index is 2.03. The normalized spacial score (nSPS) is 12.5. The van der Waals surface area contributed by atoms with E-state index >= 15 is 0 Å². The molecule has 0 saturated carbocycles. The average Bonchev–Trinajstić information content (AvgIpc) is 2.79. The molecule has 0 fully saturated rings. The van der Waals surface area contributed by atoms with Gasteiger partial charge in [-0.3, -0.25) is 9.59 Å². The van der Waals surface area contributed by atoms with Crippen LogP contribution < -0.4 is 16.4 Å². The zero-order valence-corrected chi connectivity index (χ0v) is 18.3. The molecule has 2 aromatic carbocycles. The summed E-state index contributed by atoms with van der Waals surface area (Å²) in [4.78, 5) is 37.2. The number of rotatable bonds is 14. The van der Waals surface area contributed by atoms with Crippen LogP contribution in [0.3, 0.4) is 0 Å². The number of hydrogen-bond donors (Lipinski definition) is 4. The van der Waals surface area contributed by atoms with Gasteiger partial charge >= 0.3 is 5.97 Å². The molecule has 32 heavy (non-hydrogen) atoms. The monoisotopic (exact) mass is 439 g/mol. The summed E-state index contributed by atoms with van der Waals surface area (Å²) < 4.78 is 0. The molecular formula is C25H33N3O4. The Kier molecular flexibility index (Phi) is 11.0. The number of carbonyl (C=O) groups is 3. The fourth-order valence-electron chi connectivity index (χ4n) is 3.43. The SMILES string of the molecule is NCCCCCCC(=O)N[C@@H](Cc1ccccc1)C(=O)N[C@@H](Cc1ccccc1)C(=O)O. The van der Waals surface area contributed by atoms with E-state index < -0.39 is 24.0 Å². The minimum Gasteiger partial charge on any atom is -0.480 e. The molecule has 0 aromatic heterocycles. The molecule has 0 heterocycles. The zero-order chi connectivity index (χ0) is 23.2. The van der Waals surface area contributed by atoms with Crippen molar-refractivity contribution in [3.05, 3.63) is 71.8 Å². The van der Waals surface area contributed by atoms with Crippen molar-refractivity contribution in [2.24, 2.45) is 5.73 Å². The first-order valence-electron chi connectivity index (χ1n) is 11.1. The van der Waals surface area contributed by atoms with Crippen molar-refractivity contribution in [3.63, 3.8) is 0 Å². The fraction of sp³-hybridized carbons (Fsp3) is 0.400. The number of unbranched alkanes of at least 4 members (excludes halogenated alkanes) is 3. The van der Waals surface area contributed by atoms with Crippen LogP contribution in [0.5, 0.6) is 0 Å². The van der Waals surface area contributed by atoms with E-state index in [9.17, 15) is 19.5 Å². The smallest absolute Gasteiger partial charge is 0.326 e. The van der Waals surface area contributed by atoms with Gasteiger partial charge in [0.25, 0.3) is 0 Å². The minimum absolute atomic E-state index is 0.162. The molecule has 0 aliphatic rings. The van der Waals surface area contributed by atoms with E-state index in [1.807, 2.05) is 60.7 Å². The van der Waals surface area contributed by atoms with Gasteiger partial charge < -0.3 is 21.5 Å². The van der Waals surface area contributed by atoms with Crippen LogP contribution in [0.2, 0.25) is 0 Å². The molecule has 0 saturated heterocycles. The van der Waals surface area contributed by atoms with E-state index in [1.54, 1.807) is 0 Å². The largest absolute Gasteiger partial charge is 0.480 e. The predicted octanol–water partition coefficient (Wildman–Crippen LogP) is 2.44. The number of benzene rings is 2. The summed E-state index contributed by atoms with van der Waals surface area (Å²) in [5.41, 5.74) is 7.17. The lowest BCUT2D eigenvalue weighted by Crippen LogP contribution is -2.53. The fourth-order valence-corrected chi connectivity index (χ4v) is 3.43. The maximum atomic E-state index is 13.0. The van der Waals surface area contributed by atoms with Gasteiger partial charge in [0.15, 0.2) is 0 Å². The number of nitrogens with two attached hydrogens (primary N) is 1. The van der Waals surface area contributed by atoms with E-state index in [0.29, 0.717) is 13.0 Å². The Labute approximate surface area is 189 Å². The molecule has 2 rings (SSSR count). The average molecular weight is 440 g/mol. The summed E-state index contributed by atoms with van der Waals surface area (Å²) in [5, 5.41) is 15.0. The third kappa shape index (κ3) is 9.31. The van der Waals surface area contributed by atoms with E-state index in [0.717, 1.165) is 36.8 Å². The second kappa shape index (κ2) is 14.0. The van der Waals surface area contributed by atoms with Crippen LogP contribution in [0.1, 0.15) is 43.2 Å². The first kappa shape index (κ1) is 25.1. The van der Waals surface area contributed by atoms with E-state index in [2.05, 4.69) is 10.6 Å². The van der Waals surface area contributed by atoms with Crippen LogP contribution in [0.15, 0.2) is 60.7 Å². The van der Waals surface area contributed by atoms with Gasteiger partial charge in [0, 0.05) is 19.3 Å². The second-order valence-electron chi connectivity index (χ2n) is 7.85. The summed E-state index contributed by atoms with van der Waals surface area (Å²) >= 11 is 0. The number of carboxylic acid groups (broad SMARTS) is 1. The quantitative estimate of drug-likeness (QED) is 0.337. The summed E-state index contributed by atoms with van der Waals surface area (Å²) in [5.74, 6) is -1.84. The van der Waals surface area contributed by atoms with Gasteiger partial charge in [0.1, 0.15) is 12.1 Å². The topological polar surface area (TPSA) is 122 Å². The van der Waals surface area contributed by atoms with Crippen molar-refractivity contribution < 1.29 is 19.5 Å². The van der Waals surface area contributed by atoms with Gasteiger partial charge in [0.2, 0.25) is 11.8 Å². The van der Waals surface area contributed by atoms with E-state index in [-0.39, 0.29) is 18.7 Å². The summed E-state index contributed by atoms with van der Waals surface area (Å²) in [6, 6.07) is 16.5. The summed E-state index contributed by atoms with van der Waals surface area (Å²) in [7, 11) is 0. The molecular weight excluding hydrogens is 406 g/mol. The van der Waals surface area contributed by atoms with Crippen molar-refractivity contribution in [1.29, 1.82) is 0 Å². The van der Waals surface area contributed by atoms with Crippen molar-refractivity contribution in [2.75, 3.05) is 6.54 Å². The van der Waals surface area contributed by atoms with Gasteiger partial charge in [-0.05, 0) is 30.5 Å². The first-order chi connectivity index (χ1) is 15.5. The minimum atomic E-state index is -1.12. The Morgan fingerprint density at radius 2 is 1.28 bits per heavy atom. The molecule has 5 N–H and O–H groups in total. The molecule has 0 spiro atoms. The Morgan fingerprint density at radius 3 is 1.81 bits per heavy atom. The number of carbonyl (C=O) groups excluding carboxylic acids is 2. The summed E-state index contributed by atoms with van der Waals surface area (Å²) in [6.45, 7) is 0.638. The lowest BCUT2D eigenvalue weighted by atomic mass is 10.0. The van der Waals surface area contributed by atoms with Gasteiger partial charge in [-0.15, -0.1) is 0 Å². The number of hydrogen-bond acceptors (Lipinski definition) is 4. The van der Waals surface area contributed by atoms with Crippen LogP contribution in [0, 0.1) is 0 Å². The Morgan fingerprint density at radius 1 is 0.750 bits per heavy atom. The van der Waals surface area contributed by atoms with Crippen LogP contribution in [0.25, 0.3) is 0 Å². The molecule has 7 nitrogen and oxygen atoms in total. The standard InChI is InChI=1S/C25H33N3O4/c26-16-10-2-1-9-15-23(29)27-21(17-19-11-5-3-6-12-19)24(30)28-22(25(31)32)18-20-13-7-4-8-14-20/h3-8,11-14,21-22H,1-2,9-10,15-18,26H2,(H,27,29)(H,28,30)(H,31,32)/t21-,22-/m0/s1. The molecule has 2 aromatic rings. The van der Waals surface area contributed by atoms with Crippen molar-refractivity contribution in [3.8, 4) is 0 Å². The van der Waals surface area contributed by atoms with Crippen LogP contribution >= 0.6 is 0 Å². The highest BCUT2D eigenvalue weighted by atomic mass is 16.4. The van der Waals surface area contributed by atoms with Crippen LogP contribution in [-0.2, 0) is 27.2 Å². The lowest BCUT2D eigenvalue weighted by Gasteiger charge is -2.22. The van der Waals surface area contributed by atoms with Crippen molar-refractivity contribution in [1.82, 2.24) is 10.6 Å². The molecule has 2 amide bonds. The van der Waals surface area contributed by atoms with E-state index in [1.165, 1.54) is 0 Å². The predicted molar refractivity (Wildman–Crippen MR) is 124 cm³/mol. The lowest BCUT2D eigenvalue weighted by molar-refractivity contribution is -0.142. The number of aliphatic carboxylic acids is 1. The number of carboxylic acids is 1. The molecule has 0 aliphatic carbocycles. The highest BCUT2D eigenvalue weighted by Gasteiger charge is 2.27. The third-order valence-electron chi connectivity index (χ3n) is 5.19. The third-order valence-corrected chi connectivity index (χ3v) is 5.19. The number of nitrogens with one attached hydrogen (secondary N) is 2. The molecule has 0 aliphatic heterocycles. The number of amides is 2. The highest BCUT2D eigenvalue weighted by molar-refractivity contribution is 5.90. The molecule has 2 atom stereocenters. The Hall–Kier alpha value is -3.19. The Bertz CT molecular complexity index is 843. The van der Waals surface area contributed by atoms with Gasteiger partial charge in [-0.25, -0.2) is 4.79 Å². The molecule has 0 unspecified atom stereocenters. The highest BCUT2D eigenvalue weighted by Crippen LogP contribution is 2.08. The van der Waals surface area contributed by atoms with Crippen molar-refractivity contribution in [2.45, 2.75) is 57.0 Å². The maximum Gasteiger partial charge on any atom is 0.326 e. The van der Waals surface area contributed by atoms with Gasteiger partial charge in [0.05, 0.1) is 0 Å².